The number of anilines is 1. The third-order valence-electron chi connectivity index (χ3n) is 4.86. The number of nitrogens with one attached hydrogen (secondary N) is 1. The van der Waals surface area contributed by atoms with Gasteiger partial charge >= 0.3 is 0 Å². The van der Waals surface area contributed by atoms with E-state index >= 15 is 0 Å². The van der Waals surface area contributed by atoms with Crippen LogP contribution >= 0.6 is 0 Å². The average molecular weight is 472 g/mol. The first-order valence-electron chi connectivity index (χ1n) is 10.1. The Morgan fingerprint density at radius 2 is 1.82 bits per heavy atom. The molecule has 0 saturated carbocycles. The van der Waals surface area contributed by atoms with Gasteiger partial charge in [-0.1, -0.05) is 0 Å². The Balaban J connectivity index is 1.68. The summed E-state index contributed by atoms with van der Waals surface area (Å²) >= 11 is 0. The molecule has 2 aromatic carbocycles. The minimum atomic E-state index is -3.82. The van der Waals surface area contributed by atoms with Crippen molar-refractivity contribution in [1.29, 1.82) is 0 Å². The van der Waals surface area contributed by atoms with Crippen molar-refractivity contribution >= 4 is 21.6 Å². The van der Waals surface area contributed by atoms with Crippen LogP contribution in [0.3, 0.4) is 0 Å². The van der Waals surface area contributed by atoms with Gasteiger partial charge in [-0.3, -0.25) is 9.78 Å². The summed E-state index contributed by atoms with van der Waals surface area (Å²) in [7, 11) is -3.82. The lowest BCUT2D eigenvalue weighted by Crippen LogP contribution is -2.40. The number of aromatic nitrogens is 2. The number of halogens is 1. The first kappa shape index (κ1) is 22.8. The number of benzene rings is 2. The first-order chi connectivity index (χ1) is 15.8. The SMILES string of the molecule is Cc1cnc(C(=O)Nc2cc(S(=O)(=O)N3CCOCC3)ccc2Oc2ccc(F)cc2)cn1. The van der Waals surface area contributed by atoms with Gasteiger partial charge in [0.05, 0.1) is 35.7 Å². The van der Waals surface area contributed by atoms with Gasteiger partial charge in [-0.05, 0) is 49.4 Å². The molecule has 1 aliphatic heterocycles. The van der Waals surface area contributed by atoms with Crippen LogP contribution < -0.4 is 10.1 Å². The molecular formula is C22H21FN4O5S. The molecule has 172 valence electrons. The summed E-state index contributed by atoms with van der Waals surface area (Å²) in [6.07, 6.45) is 2.77. The highest BCUT2D eigenvalue weighted by atomic mass is 32.2. The maximum absolute atomic E-state index is 13.2. The van der Waals surface area contributed by atoms with Gasteiger partial charge in [-0.25, -0.2) is 17.8 Å². The molecule has 1 amide bonds. The van der Waals surface area contributed by atoms with E-state index in [0.717, 1.165) is 0 Å². The van der Waals surface area contributed by atoms with Crippen molar-refractivity contribution in [2.45, 2.75) is 11.8 Å². The number of hydrogen-bond donors (Lipinski definition) is 1. The smallest absolute Gasteiger partial charge is 0.275 e. The Morgan fingerprint density at radius 1 is 1.09 bits per heavy atom. The second-order valence-corrected chi connectivity index (χ2v) is 9.17. The van der Waals surface area contributed by atoms with Crippen LogP contribution in [-0.2, 0) is 14.8 Å². The predicted molar refractivity (Wildman–Crippen MR) is 117 cm³/mol. The van der Waals surface area contributed by atoms with Crippen molar-refractivity contribution in [3.8, 4) is 11.5 Å². The van der Waals surface area contributed by atoms with Crippen LogP contribution in [0, 0.1) is 12.7 Å². The molecule has 4 rings (SSSR count). The lowest BCUT2D eigenvalue weighted by atomic mass is 10.2. The molecule has 0 bridgehead atoms. The largest absolute Gasteiger partial charge is 0.455 e. The van der Waals surface area contributed by atoms with E-state index in [2.05, 4.69) is 15.3 Å². The molecule has 1 fully saturated rings. The normalized spacial score (nSPS) is 14.6. The van der Waals surface area contributed by atoms with Crippen LogP contribution in [0.4, 0.5) is 10.1 Å². The molecule has 0 spiro atoms. The molecule has 33 heavy (non-hydrogen) atoms. The van der Waals surface area contributed by atoms with E-state index in [-0.39, 0.29) is 35.1 Å². The quantitative estimate of drug-likeness (QED) is 0.587. The molecule has 3 aromatic rings. The summed E-state index contributed by atoms with van der Waals surface area (Å²) < 4.78 is 51.8. The van der Waals surface area contributed by atoms with Crippen molar-refractivity contribution in [2.75, 3.05) is 31.6 Å². The molecule has 0 atom stereocenters. The van der Waals surface area contributed by atoms with Gasteiger partial charge in [-0.2, -0.15) is 4.31 Å². The zero-order chi connectivity index (χ0) is 23.4. The minimum absolute atomic E-state index is 0.0128. The molecule has 0 aliphatic carbocycles. The maximum Gasteiger partial charge on any atom is 0.275 e. The lowest BCUT2D eigenvalue weighted by molar-refractivity contribution is 0.0730. The number of nitrogens with zero attached hydrogens (tertiary/aromatic N) is 3. The number of rotatable bonds is 6. The summed E-state index contributed by atoms with van der Waals surface area (Å²) in [6, 6.07) is 9.45. The Hall–Kier alpha value is -3.41. The van der Waals surface area contributed by atoms with Crippen LogP contribution in [0.15, 0.2) is 59.8 Å². The van der Waals surface area contributed by atoms with Crippen molar-refractivity contribution in [3.05, 3.63) is 72.1 Å². The zero-order valence-corrected chi connectivity index (χ0v) is 18.5. The highest BCUT2D eigenvalue weighted by Crippen LogP contribution is 2.33. The number of amides is 1. The van der Waals surface area contributed by atoms with E-state index in [0.29, 0.717) is 24.7 Å². The lowest BCUT2D eigenvalue weighted by Gasteiger charge is -2.26. The van der Waals surface area contributed by atoms with Gasteiger partial charge in [-0.15, -0.1) is 0 Å². The van der Waals surface area contributed by atoms with Crippen LogP contribution in [0.5, 0.6) is 11.5 Å². The topological polar surface area (TPSA) is 111 Å². The Kier molecular flexibility index (Phi) is 6.63. The molecule has 9 nitrogen and oxygen atoms in total. The summed E-state index contributed by atoms with van der Waals surface area (Å²) in [6.45, 7) is 2.82. The number of morpholine rings is 1. The number of hydrogen-bond acceptors (Lipinski definition) is 7. The third-order valence-corrected chi connectivity index (χ3v) is 6.76. The van der Waals surface area contributed by atoms with Crippen molar-refractivity contribution in [3.63, 3.8) is 0 Å². The highest BCUT2D eigenvalue weighted by Gasteiger charge is 2.27. The van der Waals surface area contributed by atoms with Gasteiger partial charge in [0.15, 0.2) is 5.75 Å². The molecule has 1 aromatic heterocycles. The Labute approximate surface area is 190 Å². The third kappa shape index (κ3) is 5.33. The van der Waals surface area contributed by atoms with E-state index in [4.69, 9.17) is 9.47 Å². The standard InChI is InChI=1S/C22H21FN4O5S/c1-15-13-25-20(14-24-15)22(28)26-19-12-18(33(29,30)27-8-10-31-11-9-27)6-7-21(19)32-17-4-2-16(23)3-5-17/h2-7,12-14H,8-11H2,1H3,(H,26,28). The minimum Gasteiger partial charge on any atom is -0.455 e. The molecule has 2 heterocycles. The van der Waals surface area contributed by atoms with E-state index < -0.39 is 21.7 Å². The molecule has 1 saturated heterocycles. The van der Waals surface area contributed by atoms with E-state index in [1.54, 1.807) is 6.92 Å². The highest BCUT2D eigenvalue weighted by molar-refractivity contribution is 7.89. The number of sulfonamides is 1. The van der Waals surface area contributed by atoms with Gasteiger partial charge in [0.1, 0.15) is 17.3 Å². The van der Waals surface area contributed by atoms with Crippen LogP contribution in [0.1, 0.15) is 16.2 Å². The van der Waals surface area contributed by atoms with E-state index in [1.807, 2.05) is 0 Å². The van der Waals surface area contributed by atoms with Gasteiger partial charge in [0, 0.05) is 19.3 Å². The number of carbonyl (C=O) groups is 1. The Morgan fingerprint density at radius 3 is 2.48 bits per heavy atom. The molecule has 1 aliphatic rings. The van der Waals surface area contributed by atoms with E-state index in [1.165, 1.54) is 59.2 Å². The first-order valence-corrected chi connectivity index (χ1v) is 11.5. The fourth-order valence-electron chi connectivity index (χ4n) is 3.12. The second kappa shape index (κ2) is 9.61. The van der Waals surface area contributed by atoms with Crippen LogP contribution in [-0.4, -0.2) is 54.9 Å². The second-order valence-electron chi connectivity index (χ2n) is 7.23. The number of ether oxygens (including phenoxy) is 2. The summed E-state index contributed by atoms with van der Waals surface area (Å²) in [4.78, 5) is 20.8. The summed E-state index contributed by atoms with van der Waals surface area (Å²) in [5.41, 5.74) is 0.807. The zero-order valence-electron chi connectivity index (χ0n) is 17.7. The van der Waals surface area contributed by atoms with Gasteiger partial charge in [0.2, 0.25) is 10.0 Å². The Bertz CT molecular complexity index is 1240. The maximum atomic E-state index is 13.2. The fourth-order valence-corrected chi connectivity index (χ4v) is 4.55. The van der Waals surface area contributed by atoms with Crippen molar-refractivity contribution in [1.82, 2.24) is 14.3 Å². The van der Waals surface area contributed by atoms with Crippen LogP contribution in [0.2, 0.25) is 0 Å². The molecule has 1 N–H and O–H groups in total. The van der Waals surface area contributed by atoms with E-state index in [9.17, 15) is 17.6 Å². The number of aryl methyl sites for hydroxylation is 1. The van der Waals surface area contributed by atoms with Gasteiger partial charge in [0.25, 0.3) is 5.91 Å². The summed E-state index contributed by atoms with van der Waals surface area (Å²) in [5.74, 6) is -0.532. The molecular weight excluding hydrogens is 451 g/mol. The van der Waals surface area contributed by atoms with Crippen molar-refractivity contribution in [2.24, 2.45) is 0 Å². The molecule has 0 unspecified atom stereocenters. The predicted octanol–water partition coefficient (Wildman–Crippen LogP) is 2.99. The van der Waals surface area contributed by atoms with Crippen LogP contribution in [0.25, 0.3) is 0 Å². The monoisotopic (exact) mass is 472 g/mol. The fraction of sp³-hybridized carbons (Fsp3) is 0.227. The number of carbonyl (C=O) groups excluding carboxylic acids is 1. The summed E-state index contributed by atoms with van der Waals surface area (Å²) in [5, 5.41) is 2.65. The van der Waals surface area contributed by atoms with Gasteiger partial charge < -0.3 is 14.8 Å². The average Bonchev–Trinajstić information content (AvgIpc) is 2.82. The molecule has 0 radical (unpaired) electrons. The molecule has 11 heteroatoms. The van der Waals surface area contributed by atoms with Crippen molar-refractivity contribution < 1.29 is 27.1 Å².